The van der Waals surface area contributed by atoms with E-state index in [1.54, 1.807) is 0 Å². The highest BCUT2D eigenvalue weighted by Gasteiger charge is 2.18. The Bertz CT molecular complexity index is 308. The van der Waals surface area contributed by atoms with E-state index in [-0.39, 0.29) is 10.4 Å². The second-order valence-corrected chi connectivity index (χ2v) is 2.20. The van der Waals surface area contributed by atoms with Crippen LogP contribution < -0.4 is 0 Å². The topological polar surface area (TPSA) is 55.1 Å². The maximum atomic E-state index is 12.0. The summed E-state index contributed by atoms with van der Waals surface area (Å²) in [5.74, 6) is -1.41. The molecule has 0 spiro atoms. The summed E-state index contributed by atoms with van der Waals surface area (Å²) >= 11 is 0. The smallest absolute Gasteiger partial charge is 0.354 e. The quantitative estimate of drug-likeness (QED) is 0.738. The molecule has 0 amide bonds. The molecule has 0 unspecified atom stereocenters. The maximum absolute atomic E-state index is 12.0. The van der Waals surface area contributed by atoms with E-state index in [1.165, 1.54) is 6.92 Å². The van der Waals surface area contributed by atoms with Crippen molar-refractivity contribution >= 4 is 5.97 Å². The van der Waals surface area contributed by atoms with E-state index in [2.05, 4.69) is 5.10 Å². The minimum absolute atomic E-state index is 0.178. The zero-order valence-electron chi connectivity index (χ0n) is 6.16. The highest BCUT2D eigenvalue weighted by molar-refractivity contribution is 5.85. The molecule has 0 aromatic carbocycles. The first-order valence-corrected chi connectivity index (χ1v) is 3.10. The van der Waals surface area contributed by atoms with Crippen LogP contribution in [0.15, 0.2) is 6.07 Å². The summed E-state index contributed by atoms with van der Waals surface area (Å²) in [7, 11) is 0. The van der Waals surface area contributed by atoms with Crippen LogP contribution in [0, 0.1) is 6.92 Å². The fraction of sp³-hybridized carbons (Fsp3) is 0.333. The number of alkyl halides is 2. The third kappa shape index (κ3) is 1.41. The molecular weight excluding hydrogens is 170 g/mol. The van der Waals surface area contributed by atoms with Crippen molar-refractivity contribution in [3.8, 4) is 0 Å². The molecule has 4 nitrogen and oxygen atoms in total. The summed E-state index contributed by atoms with van der Waals surface area (Å²) in [5.41, 5.74) is -0.241. The summed E-state index contributed by atoms with van der Waals surface area (Å²) in [4.78, 5) is 10.3. The highest BCUT2D eigenvalue weighted by atomic mass is 19.3. The molecule has 0 fully saturated rings. The minimum atomic E-state index is -2.91. The number of carboxylic acids is 1. The number of halogens is 2. The summed E-state index contributed by atoms with van der Waals surface area (Å²) < 4.78 is 24.3. The lowest BCUT2D eigenvalue weighted by atomic mass is 10.4. The van der Waals surface area contributed by atoms with Crippen LogP contribution in [0.25, 0.3) is 0 Å². The normalized spacial score (nSPS) is 10.7. The molecule has 1 rings (SSSR count). The number of aromatic carboxylic acids is 1. The number of hydrogen-bond acceptors (Lipinski definition) is 2. The number of aryl methyl sites for hydroxylation is 1. The van der Waals surface area contributed by atoms with Gasteiger partial charge in [-0.3, -0.25) is 0 Å². The predicted molar refractivity (Wildman–Crippen MR) is 35.2 cm³/mol. The Morgan fingerprint density at radius 3 is 2.67 bits per heavy atom. The molecule has 12 heavy (non-hydrogen) atoms. The van der Waals surface area contributed by atoms with E-state index < -0.39 is 18.2 Å². The fourth-order valence-electron chi connectivity index (χ4n) is 0.825. The molecule has 0 aliphatic carbocycles. The molecule has 66 valence electrons. The van der Waals surface area contributed by atoms with E-state index in [0.717, 1.165) is 6.07 Å². The first-order chi connectivity index (χ1) is 5.52. The Kier molecular flexibility index (Phi) is 2.07. The van der Waals surface area contributed by atoms with E-state index in [9.17, 15) is 13.6 Å². The minimum Gasteiger partial charge on any atom is -0.477 e. The molecule has 1 aromatic rings. The molecule has 0 saturated carbocycles. The molecule has 0 saturated heterocycles. The predicted octanol–water partition coefficient (Wildman–Crippen LogP) is 1.28. The lowest BCUT2D eigenvalue weighted by Gasteiger charge is -2.00. The van der Waals surface area contributed by atoms with Crippen molar-refractivity contribution in [3.05, 3.63) is 17.5 Å². The summed E-state index contributed by atoms with van der Waals surface area (Å²) in [6.45, 7) is -1.46. The van der Waals surface area contributed by atoms with Gasteiger partial charge in [0, 0.05) is 0 Å². The van der Waals surface area contributed by atoms with Gasteiger partial charge in [0.15, 0.2) is 5.69 Å². The van der Waals surface area contributed by atoms with Gasteiger partial charge in [0.1, 0.15) is 0 Å². The average Bonchev–Trinajstić information content (AvgIpc) is 2.31. The standard InChI is InChI=1S/C6H6F2N2O2/c1-3-2-4(5(11)12)10(9-3)6(7)8/h2,6H,1H3,(H,11,12). The Hall–Kier alpha value is -1.46. The summed E-state index contributed by atoms with van der Waals surface area (Å²) in [6, 6.07) is 1.09. The number of carbonyl (C=O) groups is 1. The Labute approximate surface area is 66.4 Å². The van der Waals surface area contributed by atoms with E-state index >= 15 is 0 Å². The Balaban J connectivity index is 3.17. The van der Waals surface area contributed by atoms with Crippen molar-refractivity contribution in [2.75, 3.05) is 0 Å². The molecule has 0 bridgehead atoms. The second-order valence-electron chi connectivity index (χ2n) is 2.20. The van der Waals surface area contributed by atoms with Crippen LogP contribution in [0.4, 0.5) is 8.78 Å². The number of carboxylic acid groups (broad SMARTS) is 1. The molecule has 0 radical (unpaired) electrons. The van der Waals surface area contributed by atoms with Gasteiger partial charge in [-0.05, 0) is 13.0 Å². The van der Waals surface area contributed by atoms with Gasteiger partial charge in [0.2, 0.25) is 0 Å². The van der Waals surface area contributed by atoms with Crippen LogP contribution in [0.3, 0.4) is 0 Å². The largest absolute Gasteiger partial charge is 0.477 e. The molecule has 1 aromatic heterocycles. The lowest BCUT2D eigenvalue weighted by molar-refractivity contribution is 0.0437. The molecular formula is C6H6F2N2O2. The van der Waals surface area contributed by atoms with Gasteiger partial charge in [0.05, 0.1) is 5.69 Å². The number of rotatable bonds is 2. The van der Waals surface area contributed by atoms with E-state index in [0.29, 0.717) is 0 Å². The van der Waals surface area contributed by atoms with Gasteiger partial charge in [-0.15, -0.1) is 0 Å². The first kappa shape index (κ1) is 8.63. The van der Waals surface area contributed by atoms with Crippen LogP contribution in [0.1, 0.15) is 22.7 Å². The average molecular weight is 176 g/mol. The SMILES string of the molecule is Cc1cc(C(=O)O)n(C(F)F)n1. The van der Waals surface area contributed by atoms with Gasteiger partial charge in [-0.2, -0.15) is 18.6 Å². The fourth-order valence-corrected chi connectivity index (χ4v) is 0.825. The van der Waals surface area contributed by atoms with Crippen molar-refractivity contribution in [2.45, 2.75) is 13.5 Å². The second kappa shape index (κ2) is 2.88. The zero-order chi connectivity index (χ0) is 9.30. The van der Waals surface area contributed by atoms with Crippen LogP contribution in [0.5, 0.6) is 0 Å². The van der Waals surface area contributed by atoms with Gasteiger partial charge < -0.3 is 5.11 Å². The first-order valence-electron chi connectivity index (χ1n) is 3.10. The molecule has 1 heterocycles. The van der Waals surface area contributed by atoms with Crippen LogP contribution >= 0.6 is 0 Å². The molecule has 0 aliphatic heterocycles. The molecule has 1 N–H and O–H groups in total. The molecule has 6 heteroatoms. The lowest BCUT2D eigenvalue weighted by Crippen LogP contribution is -2.10. The van der Waals surface area contributed by atoms with Gasteiger partial charge in [-0.1, -0.05) is 0 Å². The van der Waals surface area contributed by atoms with Crippen molar-refractivity contribution in [1.29, 1.82) is 0 Å². The Morgan fingerprint density at radius 2 is 2.33 bits per heavy atom. The van der Waals surface area contributed by atoms with Crippen molar-refractivity contribution < 1.29 is 18.7 Å². The monoisotopic (exact) mass is 176 g/mol. The molecule has 0 atom stereocenters. The van der Waals surface area contributed by atoms with Crippen molar-refractivity contribution in [3.63, 3.8) is 0 Å². The summed E-state index contributed by atoms with van der Waals surface area (Å²) in [6.07, 6.45) is 0. The third-order valence-corrected chi connectivity index (χ3v) is 1.26. The van der Waals surface area contributed by atoms with Gasteiger partial charge in [-0.25, -0.2) is 4.79 Å². The van der Waals surface area contributed by atoms with Crippen LogP contribution in [-0.4, -0.2) is 20.9 Å². The van der Waals surface area contributed by atoms with Gasteiger partial charge >= 0.3 is 12.5 Å². The number of aromatic nitrogens is 2. The third-order valence-electron chi connectivity index (χ3n) is 1.26. The van der Waals surface area contributed by atoms with Crippen molar-refractivity contribution in [1.82, 2.24) is 9.78 Å². The van der Waals surface area contributed by atoms with Crippen molar-refractivity contribution in [2.24, 2.45) is 0 Å². The summed E-state index contributed by atoms with van der Waals surface area (Å²) in [5, 5.41) is 11.8. The number of nitrogens with zero attached hydrogens (tertiary/aromatic N) is 2. The maximum Gasteiger partial charge on any atom is 0.354 e. The van der Waals surface area contributed by atoms with E-state index in [1.807, 2.05) is 0 Å². The highest BCUT2D eigenvalue weighted by Crippen LogP contribution is 2.13. The zero-order valence-corrected chi connectivity index (χ0v) is 6.16. The number of hydrogen-bond donors (Lipinski definition) is 1. The van der Waals surface area contributed by atoms with Gasteiger partial charge in [0.25, 0.3) is 0 Å². The molecule has 0 aliphatic rings. The van der Waals surface area contributed by atoms with E-state index in [4.69, 9.17) is 5.11 Å². The van der Waals surface area contributed by atoms with Crippen LogP contribution in [-0.2, 0) is 0 Å². The van der Waals surface area contributed by atoms with Crippen LogP contribution in [0.2, 0.25) is 0 Å². The Morgan fingerprint density at radius 1 is 1.75 bits per heavy atom.